The number of hydrogen-bond acceptors (Lipinski definition) is 1. The molecule has 0 aromatic heterocycles. The van der Waals surface area contributed by atoms with Crippen molar-refractivity contribution < 1.29 is 0 Å². The summed E-state index contributed by atoms with van der Waals surface area (Å²) in [6.07, 6.45) is 0. The molecule has 2 aromatic rings. The fourth-order valence-electron chi connectivity index (χ4n) is 1.97. The first-order valence-electron chi connectivity index (χ1n) is 5.90. The molecule has 0 saturated carbocycles. The Morgan fingerprint density at radius 2 is 1.78 bits per heavy atom. The minimum absolute atomic E-state index is 0.745. The van der Waals surface area contributed by atoms with Crippen LogP contribution in [0.2, 0.25) is 5.02 Å². The summed E-state index contributed by atoms with van der Waals surface area (Å²) < 4.78 is 0. The van der Waals surface area contributed by atoms with Gasteiger partial charge in [0.2, 0.25) is 0 Å². The Morgan fingerprint density at radius 1 is 1.11 bits per heavy atom. The van der Waals surface area contributed by atoms with E-state index >= 15 is 0 Å². The molecule has 0 saturated heterocycles. The molecule has 0 unspecified atom stereocenters. The van der Waals surface area contributed by atoms with Crippen molar-refractivity contribution in [3.63, 3.8) is 0 Å². The second-order valence-electron chi connectivity index (χ2n) is 4.17. The molecule has 18 heavy (non-hydrogen) atoms. The van der Waals surface area contributed by atoms with Crippen molar-refractivity contribution in [3.05, 3.63) is 76.8 Å². The number of halogens is 1. The van der Waals surface area contributed by atoms with Crippen molar-refractivity contribution in [2.24, 2.45) is 0 Å². The van der Waals surface area contributed by atoms with Crippen molar-refractivity contribution in [1.29, 1.82) is 0 Å². The van der Waals surface area contributed by atoms with E-state index in [4.69, 9.17) is 11.6 Å². The lowest BCUT2D eigenvalue weighted by Gasteiger charge is -2.12. The summed E-state index contributed by atoms with van der Waals surface area (Å²) in [5.74, 6) is 0. The first-order chi connectivity index (χ1) is 8.72. The van der Waals surface area contributed by atoms with Crippen LogP contribution in [0.5, 0.6) is 0 Å². The van der Waals surface area contributed by atoms with Crippen molar-refractivity contribution in [1.82, 2.24) is 5.32 Å². The molecule has 1 nitrogen and oxygen atoms in total. The standard InChI is InChI=1S/C16H16ClN/c1-12(13-7-9-15(17)10-8-13)16-6-4-3-5-14(16)11-18-2/h3-10,18H,1,11H2,2H3. The number of rotatable bonds is 4. The Hall–Kier alpha value is -1.57. The lowest BCUT2D eigenvalue weighted by molar-refractivity contribution is 0.816. The van der Waals surface area contributed by atoms with Crippen LogP contribution in [-0.4, -0.2) is 7.05 Å². The highest BCUT2D eigenvalue weighted by molar-refractivity contribution is 6.30. The minimum atomic E-state index is 0.745. The van der Waals surface area contributed by atoms with Gasteiger partial charge < -0.3 is 5.32 Å². The molecule has 0 heterocycles. The number of hydrogen-bond donors (Lipinski definition) is 1. The van der Waals surface area contributed by atoms with Crippen molar-refractivity contribution in [2.45, 2.75) is 6.54 Å². The first kappa shape index (κ1) is 12.9. The molecular weight excluding hydrogens is 242 g/mol. The van der Waals surface area contributed by atoms with E-state index in [-0.39, 0.29) is 0 Å². The quantitative estimate of drug-likeness (QED) is 0.869. The topological polar surface area (TPSA) is 12.0 Å². The van der Waals surface area contributed by atoms with Gasteiger partial charge in [0.05, 0.1) is 0 Å². The van der Waals surface area contributed by atoms with Gasteiger partial charge in [0.1, 0.15) is 0 Å². The molecule has 92 valence electrons. The summed E-state index contributed by atoms with van der Waals surface area (Å²) in [6, 6.07) is 16.1. The van der Waals surface area contributed by atoms with Crippen LogP contribution in [0.3, 0.4) is 0 Å². The van der Waals surface area contributed by atoms with Crippen LogP contribution in [0.4, 0.5) is 0 Å². The Bertz CT molecular complexity index is 543. The lowest BCUT2D eigenvalue weighted by atomic mass is 9.95. The highest BCUT2D eigenvalue weighted by Crippen LogP contribution is 2.25. The summed E-state index contributed by atoms with van der Waals surface area (Å²) >= 11 is 5.90. The highest BCUT2D eigenvalue weighted by Gasteiger charge is 2.06. The molecule has 0 aliphatic carbocycles. The van der Waals surface area contributed by atoms with E-state index in [1.54, 1.807) is 0 Å². The second kappa shape index (κ2) is 5.85. The Kier molecular flexibility index (Phi) is 4.19. The van der Waals surface area contributed by atoms with Crippen LogP contribution in [-0.2, 0) is 6.54 Å². The summed E-state index contributed by atoms with van der Waals surface area (Å²) in [6.45, 7) is 5.03. The molecule has 0 aliphatic heterocycles. The van der Waals surface area contributed by atoms with Crippen LogP contribution < -0.4 is 5.32 Å². The predicted molar refractivity (Wildman–Crippen MR) is 78.8 cm³/mol. The maximum absolute atomic E-state index is 5.90. The summed E-state index contributed by atoms with van der Waals surface area (Å²) in [5, 5.41) is 3.92. The number of benzene rings is 2. The monoisotopic (exact) mass is 257 g/mol. The summed E-state index contributed by atoms with van der Waals surface area (Å²) in [4.78, 5) is 0. The van der Waals surface area contributed by atoms with Gasteiger partial charge in [-0.3, -0.25) is 0 Å². The van der Waals surface area contributed by atoms with Crippen molar-refractivity contribution in [2.75, 3.05) is 7.05 Å². The molecule has 2 rings (SSSR count). The van der Waals surface area contributed by atoms with Crippen LogP contribution in [0.1, 0.15) is 16.7 Å². The van der Waals surface area contributed by atoms with E-state index in [0.717, 1.165) is 22.7 Å². The van der Waals surface area contributed by atoms with Gasteiger partial charge >= 0.3 is 0 Å². The van der Waals surface area contributed by atoms with Gasteiger partial charge in [0, 0.05) is 11.6 Å². The van der Waals surface area contributed by atoms with Crippen LogP contribution in [0, 0.1) is 0 Å². The smallest absolute Gasteiger partial charge is 0.0406 e. The van der Waals surface area contributed by atoms with Gasteiger partial charge in [-0.25, -0.2) is 0 Å². The SMILES string of the molecule is C=C(c1ccc(Cl)cc1)c1ccccc1CNC. The van der Waals surface area contributed by atoms with Gasteiger partial charge in [-0.1, -0.05) is 54.6 Å². The Balaban J connectivity index is 2.36. The Labute approximate surface area is 113 Å². The highest BCUT2D eigenvalue weighted by atomic mass is 35.5. The molecule has 2 aromatic carbocycles. The molecule has 1 N–H and O–H groups in total. The lowest BCUT2D eigenvalue weighted by Crippen LogP contribution is -2.07. The normalized spacial score (nSPS) is 10.3. The third-order valence-corrected chi connectivity index (χ3v) is 3.15. The Morgan fingerprint density at radius 3 is 2.44 bits per heavy atom. The van der Waals surface area contributed by atoms with E-state index in [9.17, 15) is 0 Å². The third-order valence-electron chi connectivity index (χ3n) is 2.90. The third kappa shape index (κ3) is 2.81. The van der Waals surface area contributed by atoms with Gasteiger partial charge in [-0.15, -0.1) is 0 Å². The zero-order chi connectivity index (χ0) is 13.0. The van der Waals surface area contributed by atoms with Gasteiger partial charge in [0.15, 0.2) is 0 Å². The van der Waals surface area contributed by atoms with E-state index in [2.05, 4.69) is 24.0 Å². The van der Waals surface area contributed by atoms with Crippen molar-refractivity contribution in [3.8, 4) is 0 Å². The van der Waals surface area contributed by atoms with Gasteiger partial charge in [-0.05, 0) is 41.4 Å². The van der Waals surface area contributed by atoms with Crippen LogP contribution in [0.25, 0.3) is 5.57 Å². The average molecular weight is 258 g/mol. The molecule has 0 aliphatic rings. The van der Waals surface area contributed by atoms with E-state index < -0.39 is 0 Å². The predicted octanol–water partition coefficient (Wildman–Crippen LogP) is 4.12. The molecule has 0 amide bonds. The molecular formula is C16H16ClN. The van der Waals surface area contributed by atoms with E-state index in [1.165, 1.54) is 11.1 Å². The van der Waals surface area contributed by atoms with Crippen LogP contribution in [0.15, 0.2) is 55.1 Å². The van der Waals surface area contributed by atoms with Gasteiger partial charge in [0.25, 0.3) is 0 Å². The fourth-order valence-corrected chi connectivity index (χ4v) is 2.09. The molecule has 0 radical (unpaired) electrons. The molecule has 0 fully saturated rings. The molecule has 0 spiro atoms. The number of nitrogens with one attached hydrogen (secondary N) is 1. The zero-order valence-corrected chi connectivity index (χ0v) is 11.2. The average Bonchev–Trinajstić information content (AvgIpc) is 2.40. The first-order valence-corrected chi connectivity index (χ1v) is 6.28. The fraction of sp³-hybridized carbons (Fsp3) is 0.125. The molecule has 0 bridgehead atoms. The maximum Gasteiger partial charge on any atom is 0.0406 e. The van der Waals surface area contributed by atoms with E-state index in [0.29, 0.717) is 0 Å². The maximum atomic E-state index is 5.90. The van der Waals surface area contributed by atoms with Crippen LogP contribution >= 0.6 is 11.6 Å². The van der Waals surface area contributed by atoms with E-state index in [1.807, 2.05) is 43.4 Å². The van der Waals surface area contributed by atoms with Crippen molar-refractivity contribution >= 4 is 17.2 Å². The summed E-state index contributed by atoms with van der Waals surface area (Å²) in [5.41, 5.74) is 4.55. The summed E-state index contributed by atoms with van der Waals surface area (Å²) in [7, 11) is 1.95. The van der Waals surface area contributed by atoms with Gasteiger partial charge in [-0.2, -0.15) is 0 Å². The minimum Gasteiger partial charge on any atom is -0.316 e. The largest absolute Gasteiger partial charge is 0.316 e. The molecule has 2 heteroatoms. The zero-order valence-electron chi connectivity index (χ0n) is 10.4. The second-order valence-corrected chi connectivity index (χ2v) is 4.61. The molecule has 0 atom stereocenters.